The van der Waals surface area contributed by atoms with Crippen molar-refractivity contribution in [1.82, 2.24) is 0 Å². The second-order valence-electron chi connectivity index (χ2n) is 5.66. The van der Waals surface area contributed by atoms with Crippen LogP contribution in [0.25, 0.3) is 22.8 Å². The van der Waals surface area contributed by atoms with Crippen molar-refractivity contribution in [3.63, 3.8) is 0 Å². The van der Waals surface area contributed by atoms with Crippen molar-refractivity contribution in [2.45, 2.75) is 0 Å². The monoisotopic (exact) mass is 295 g/mol. The van der Waals surface area contributed by atoms with Gasteiger partial charge in [-0.1, -0.05) is 85.0 Å². The molecule has 0 bridgehead atoms. The van der Waals surface area contributed by atoms with Gasteiger partial charge in [-0.15, -0.1) is 0 Å². The Morgan fingerprint density at radius 2 is 1.13 bits per heavy atom. The van der Waals surface area contributed by atoms with Gasteiger partial charge in [0.05, 0.1) is 0 Å². The molecule has 0 atom stereocenters. The number of hydrogen-bond donors (Lipinski definition) is 1. The van der Waals surface area contributed by atoms with Crippen LogP contribution in [0.2, 0.25) is 0 Å². The highest BCUT2D eigenvalue weighted by atomic mass is 14.5. The van der Waals surface area contributed by atoms with E-state index in [1.54, 1.807) is 0 Å². The van der Waals surface area contributed by atoms with Gasteiger partial charge < -0.3 is 5.73 Å². The first-order chi connectivity index (χ1) is 11.3. The molecule has 1 aliphatic rings. The Kier molecular flexibility index (Phi) is 3.32. The fourth-order valence-electron chi connectivity index (χ4n) is 3.14. The van der Waals surface area contributed by atoms with Crippen LogP contribution in [0, 0.1) is 0 Å². The zero-order chi connectivity index (χ0) is 15.6. The van der Waals surface area contributed by atoms with Crippen molar-refractivity contribution in [2.75, 3.05) is 5.73 Å². The Balaban J connectivity index is 1.78. The SMILES string of the molecule is Nc1ccccc1/C=C/C=C1c2ccccc2-c2ccccc21. The summed E-state index contributed by atoms with van der Waals surface area (Å²) in [5.74, 6) is 0. The summed E-state index contributed by atoms with van der Waals surface area (Å²) < 4.78 is 0. The Morgan fingerprint density at radius 1 is 0.609 bits per heavy atom. The number of allylic oxidation sites excluding steroid dienone is 2. The number of benzene rings is 3. The molecular formula is C22H17N. The molecule has 3 aromatic carbocycles. The van der Waals surface area contributed by atoms with Gasteiger partial charge in [-0.05, 0) is 39.5 Å². The highest BCUT2D eigenvalue weighted by Gasteiger charge is 2.21. The summed E-state index contributed by atoms with van der Waals surface area (Å²) in [6.45, 7) is 0. The first kappa shape index (κ1) is 13.6. The first-order valence-electron chi connectivity index (χ1n) is 7.76. The van der Waals surface area contributed by atoms with Crippen LogP contribution in [0.1, 0.15) is 16.7 Å². The lowest BCUT2D eigenvalue weighted by Gasteiger charge is -2.01. The lowest BCUT2D eigenvalue weighted by molar-refractivity contribution is 1.63. The first-order valence-corrected chi connectivity index (χ1v) is 7.76. The average Bonchev–Trinajstić information content (AvgIpc) is 2.91. The van der Waals surface area contributed by atoms with Gasteiger partial charge in [-0.2, -0.15) is 0 Å². The Morgan fingerprint density at radius 3 is 1.74 bits per heavy atom. The molecule has 0 aromatic heterocycles. The van der Waals surface area contributed by atoms with Gasteiger partial charge in [-0.3, -0.25) is 0 Å². The number of para-hydroxylation sites is 1. The normalized spacial score (nSPS) is 12.3. The summed E-state index contributed by atoms with van der Waals surface area (Å²) in [6.07, 6.45) is 6.32. The minimum Gasteiger partial charge on any atom is -0.398 e. The van der Waals surface area contributed by atoms with Crippen molar-refractivity contribution < 1.29 is 0 Å². The van der Waals surface area contributed by atoms with Gasteiger partial charge in [0.15, 0.2) is 0 Å². The van der Waals surface area contributed by atoms with Crippen LogP contribution >= 0.6 is 0 Å². The molecule has 1 aliphatic carbocycles. The molecule has 1 heteroatoms. The van der Waals surface area contributed by atoms with Gasteiger partial charge in [0.25, 0.3) is 0 Å². The Bertz CT molecular complexity index is 884. The van der Waals surface area contributed by atoms with Gasteiger partial charge in [-0.25, -0.2) is 0 Å². The molecule has 0 aliphatic heterocycles. The van der Waals surface area contributed by atoms with Crippen molar-refractivity contribution >= 4 is 17.3 Å². The minimum atomic E-state index is 0.800. The largest absolute Gasteiger partial charge is 0.398 e. The van der Waals surface area contributed by atoms with Gasteiger partial charge in [0.1, 0.15) is 0 Å². The quantitative estimate of drug-likeness (QED) is 0.493. The van der Waals surface area contributed by atoms with Crippen LogP contribution in [-0.4, -0.2) is 0 Å². The lowest BCUT2D eigenvalue weighted by Crippen LogP contribution is -1.87. The Hall–Kier alpha value is -3.06. The van der Waals surface area contributed by atoms with E-state index in [1.165, 1.54) is 27.8 Å². The molecule has 0 radical (unpaired) electrons. The van der Waals surface area contributed by atoms with E-state index < -0.39 is 0 Å². The minimum absolute atomic E-state index is 0.800. The van der Waals surface area contributed by atoms with Crippen LogP contribution in [0.3, 0.4) is 0 Å². The zero-order valence-electron chi connectivity index (χ0n) is 12.7. The predicted molar refractivity (Wildman–Crippen MR) is 98.8 cm³/mol. The summed E-state index contributed by atoms with van der Waals surface area (Å²) in [4.78, 5) is 0. The maximum Gasteiger partial charge on any atom is 0.0387 e. The molecule has 23 heavy (non-hydrogen) atoms. The molecule has 0 unspecified atom stereocenters. The molecule has 0 saturated carbocycles. The molecule has 0 saturated heterocycles. The third kappa shape index (κ3) is 2.36. The third-order valence-corrected chi connectivity index (χ3v) is 4.26. The van der Waals surface area contributed by atoms with E-state index in [0.717, 1.165) is 11.3 Å². The van der Waals surface area contributed by atoms with Crippen molar-refractivity contribution in [1.29, 1.82) is 0 Å². The van der Waals surface area contributed by atoms with E-state index in [9.17, 15) is 0 Å². The van der Waals surface area contributed by atoms with E-state index in [1.807, 2.05) is 24.3 Å². The van der Waals surface area contributed by atoms with E-state index in [2.05, 4.69) is 66.8 Å². The number of nitrogen functional groups attached to an aromatic ring is 1. The van der Waals surface area contributed by atoms with Crippen molar-refractivity contribution in [2.24, 2.45) is 0 Å². The van der Waals surface area contributed by atoms with Crippen molar-refractivity contribution in [3.8, 4) is 11.1 Å². The second-order valence-corrected chi connectivity index (χ2v) is 5.66. The van der Waals surface area contributed by atoms with Gasteiger partial charge >= 0.3 is 0 Å². The zero-order valence-corrected chi connectivity index (χ0v) is 12.7. The van der Waals surface area contributed by atoms with E-state index in [4.69, 9.17) is 5.73 Å². The highest BCUT2D eigenvalue weighted by Crippen LogP contribution is 2.43. The molecule has 0 fully saturated rings. The molecule has 2 N–H and O–H groups in total. The molecule has 0 spiro atoms. The molecule has 0 amide bonds. The van der Waals surface area contributed by atoms with Crippen LogP contribution in [0.4, 0.5) is 5.69 Å². The molecule has 1 nitrogen and oxygen atoms in total. The summed E-state index contributed by atoms with van der Waals surface area (Å²) >= 11 is 0. The molecule has 3 aromatic rings. The van der Waals surface area contributed by atoms with E-state index in [-0.39, 0.29) is 0 Å². The number of anilines is 1. The molecule has 110 valence electrons. The maximum atomic E-state index is 6.00. The van der Waals surface area contributed by atoms with Crippen LogP contribution in [-0.2, 0) is 0 Å². The summed E-state index contributed by atoms with van der Waals surface area (Å²) in [5, 5.41) is 0. The van der Waals surface area contributed by atoms with Crippen molar-refractivity contribution in [3.05, 3.63) is 102 Å². The number of hydrogen-bond acceptors (Lipinski definition) is 1. The van der Waals surface area contributed by atoms with E-state index in [0.29, 0.717) is 0 Å². The third-order valence-electron chi connectivity index (χ3n) is 4.26. The molecule has 0 heterocycles. The number of rotatable bonds is 2. The molecule has 4 rings (SSSR count). The molecular weight excluding hydrogens is 278 g/mol. The van der Waals surface area contributed by atoms with Gasteiger partial charge in [0, 0.05) is 5.69 Å². The maximum absolute atomic E-state index is 6.00. The summed E-state index contributed by atoms with van der Waals surface area (Å²) in [5.41, 5.74) is 14.3. The second kappa shape index (κ2) is 5.62. The smallest absolute Gasteiger partial charge is 0.0387 e. The Labute approximate surface area is 136 Å². The standard InChI is InChI=1S/C22H17N/c23-22-15-6-1-8-16(22)9-7-14-21-19-12-4-2-10-17(19)18-11-3-5-13-20(18)21/h1-15H,23H2/b9-7+. The predicted octanol–water partition coefficient (Wildman–Crippen LogP) is 5.39. The topological polar surface area (TPSA) is 26.0 Å². The van der Waals surface area contributed by atoms with Crippen LogP contribution in [0.15, 0.2) is 84.9 Å². The van der Waals surface area contributed by atoms with Crippen LogP contribution in [0.5, 0.6) is 0 Å². The lowest BCUT2D eigenvalue weighted by atomic mass is 10.0. The number of nitrogens with two attached hydrogens (primary N) is 1. The van der Waals surface area contributed by atoms with Crippen LogP contribution < -0.4 is 5.73 Å². The fraction of sp³-hybridized carbons (Fsp3) is 0. The fourth-order valence-corrected chi connectivity index (χ4v) is 3.14. The van der Waals surface area contributed by atoms with E-state index >= 15 is 0 Å². The average molecular weight is 295 g/mol. The van der Waals surface area contributed by atoms with Gasteiger partial charge in [0.2, 0.25) is 0 Å². The highest BCUT2D eigenvalue weighted by molar-refractivity contribution is 6.01. The summed E-state index contributed by atoms with van der Waals surface area (Å²) in [7, 11) is 0. The number of fused-ring (bicyclic) bond motifs is 3. The summed E-state index contributed by atoms with van der Waals surface area (Å²) in [6, 6.07) is 25.0.